The molecule has 0 aliphatic carbocycles. The Kier molecular flexibility index (Phi) is 6.21. The highest BCUT2D eigenvalue weighted by Gasteiger charge is 2.11. The Labute approximate surface area is 134 Å². The Morgan fingerprint density at radius 2 is 2.00 bits per heavy atom. The molecule has 0 saturated carbocycles. The Morgan fingerprint density at radius 1 is 1.24 bits per heavy atom. The number of pyridine rings is 1. The van der Waals surface area contributed by atoms with Crippen LogP contribution < -0.4 is 10.1 Å². The summed E-state index contributed by atoms with van der Waals surface area (Å²) in [5.41, 5.74) is 2.43. The molecule has 1 aromatic carbocycles. The lowest BCUT2D eigenvalue weighted by Gasteiger charge is -2.18. The van der Waals surface area contributed by atoms with Crippen LogP contribution in [0.25, 0.3) is 0 Å². The molecule has 0 saturated heterocycles. The van der Waals surface area contributed by atoms with E-state index in [-0.39, 0.29) is 6.04 Å². The number of aromatic nitrogens is 1. The predicted octanol–water partition coefficient (Wildman–Crippen LogP) is 4.14. The van der Waals surface area contributed by atoms with Crippen LogP contribution in [0.2, 0.25) is 0 Å². The fraction of sp³-hybridized carbons (Fsp3) is 0.353. The average molecular weight is 349 g/mol. The van der Waals surface area contributed by atoms with Crippen LogP contribution in [0.4, 0.5) is 0 Å². The van der Waals surface area contributed by atoms with Crippen molar-refractivity contribution in [3.8, 4) is 5.75 Å². The molecule has 1 heterocycles. The van der Waals surface area contributed by atoms with Gasteiger partial charge in [-0.1, -0.05) is 28.9 Å². The number of rotatable bonds is 7. The molecule has 112 valence electrons. The van der Waals surface area contributed by atoms with Gasteiger partial charge in [-0.3, -0.25) is 4.98 Å². The van der Waals surface area contributed by atoms with Crippen molar-refractivity contribution in [2.24, 2.45) is 0 Å². The largest absolute Gasteiger partial charge is 0.493 e. The van der Waals surface area contributed by atoms with Gasteiger partial charge in [-0.15, -0.1) is 0 Å². The summed E-state index contributed by atoms with van der Waals surface area (Å²) in [4.78, 5) is 4.03. The number of halogens is 1. The molecule has 0 radical (unpaired) electrons. The van der Waals surface area contributed by atoms with Crippen LogP contribution in [-0.4, -0.2) is 18.1 Å². The third-order valence-electron chi connectivity index (χ3n) is 3.35. The van der Waals surface area contributed by atoms with E-state index in [0.717, 1.165) is 23.2 Å². The minimum atomic E-state index is 0.277. The summed E-state index contributed by atoms with van der Waals surface area (Å²) in [6.45, 7) is 5.86. The van der Waals surface area contributed by atoms with E-state index in [9.17, 15) is 0 Å². The Bertz CT molecular complexity index is 560. The van der Waals surface area contributed by atoms with Gasteiger partial charge in [-0.05, 0) is 43.3 Å². The summed E-state index contributed by atoms with van der Waals surface area (Å²) in [7, 11) is 0. The lowest BCUT2D eigenvalue weighted by Crippen LogP contribution is -2.18. The fourth-order valence-corrected chi connectivity index (χ4v) is 2.58. The molecule has 1 aromatic heterocycles. The third-order valence-corrected chi connectivity index (χ3v) is 3.84. The van der Waals surface area contributed by atoms with Crippen molar-refractivity contribution in [1.82, 2.24) is 10.3 Å². The molecule has 1 atom stereocenters. The quantitative estimate of drug-likeness (QED) is 0.816. The van der Waals surface area contributed by atoms with Gasteiger partial charge in [0.1, 0.15) is 5.75 Å². The normalized spacial score (nSPS) is 12.1. The molecule has 3 nitrogen and oxygen atoms in total. The molecule has 0 spiro atoms. The van der Waals surface area contributed by atoms with E-state index in [0.29, 0.717) is 6.61 Å². The Balaban J connectivity index is 2.02. The molecule has 0 amide bonds. The van der Waals surface area contributed by atoms with Crippen LogP contribution in [0.3, 0.4) is 0 Å². The van der Waals surface area contributed by atoms with Gasteiger partial charge in [-0.25, -0.2) is 0 Å². The van der Waals surface area contributed by atoms with E-state index in [1.165, 1.54) is 11.1 Å². The number of benzene rings is 1. The molecule has 2 aromatic rings. The van der Waals surface area contributed by atoms with Gasteiger partial charge in [0.2, 0.25) is 0 Å². The number of nitrogens with one attached hydrogen (secondary N) is 1. The SMILES string of the molecule is CCNC(C)c1ccc(Br)cc1OCCc1ccncc1. The number of ether oxygens (including phenoxy) is 1. The molecule has 0 bridgehead atoms. The van der Waals surface area contributed by atoms with Crippen molar-refractivity contribution in [3.63, 3.8) is 0 Å². The van der Waals surface area contributed by atoms with Crippen molar-refractivity contribution >= 4 is 15.9 Å². The van der Waals surface area contributed by atoms with Crippen molar-refractivity contribution in [2.75, 3.05) is 13.2 Å². The van der Waals surface area contributed by atoms with Gasteiger partial charge in [-0.2, -0.15) is 0 Å². The summed E-state index contributed by atoms with van der Waals surface area (Å²) in [5.74, 6) is 0.937. The zero-order chi connectivity index (χ0) is 15.1. The summed E-state index contributed by atoms with van der Waals surface area (Å²) >= 11 is 3.51. The maximum Gasteiger partial charge on any atom is 0.125 e. The minimum absolute atomic E-state index is 0.277. The van der Waals surface area contributed by atoms with Gasteiger partial charge < -0.3 is 10.1 Å². The molecule has 4 heteroatoms. The topological polar surface area (TPSA) is 34.1 Å². The Hall–Kier alpha value is -1.39. The van der Waals surface area contributed by atoms with Gasteiger partial charge in [0.05, 0.1) is 6.61 Å². The van der Waals surface area contributed by atoms with Crippen LogP contribution >= 0.6 is 15.9 Å². The zero-order valence-electron chi connectivity index (χ0n) is 12.5. The zero-order valence-corrected chi connectivity index (χ0v) is 14.1. The average Bonchev–Trinajstić information content (AvgIpc) is 2.49. The monoisotopic (exact) mass is 348 g/mol. The second-order valence-electron chi connectivity index (χ2n) is 4.92. The fourth-order valence-electron chi connectivity index (χ4n) is 2.24. The van der Waals surface area contributed by atoms with Gasteiger partial charge in [0.15, 0.2) is 0 Å². The van der Waals surface area contributed by atoms with Gasteiger partial charge in [0.25, 0.3) is 0 Å². The lowest BCUT2D eigenvalue weighted by molar-refractivity contribution is 0.315. The van der Waals surface area contributed by atoms with Crippen LogP contribution in [0.15, 0.2) is 47.2 Å². The maximum atomic E-state index is 6.00. The van der Waals surface area contributed by atoms with E-state index in [1.54, 1.807) is 0 Å². The van der Waals surface area contributed by atoms with Crippen LogP contribution in [0.1, 0.15) is 31.0 Å². The summed E-state index contributed by atoms with van der Waals surface area (Å²) in [6, 6.07) is 10.5. The first kappa shape index (κ1) is 16.0. The standard InChI is InChI=1S/C17H21BrN2O/c1-3-20-13(2)16-5-4-15(18)12-17(16)21-11-8-14-6-9-19-10-7-14/h4-7,9-10,12-13,20H,3,8,11H2,1-2H3. The van der Waals surface area contributed by atoms with Crippen LogP contribution in [-0.2, 0) is 6.42 Å². The molecule has 0 fully saturated rings. The number of hydrogen-bond donors (Lipinski definition) is 1. The van der Waals surface area contributed by atoms with Crippen molar-refractivity contribution < 1.29 is 4.74 Å². The first-order valence-corrected chi connectivity index (χ1v) is 8.04. The van der Waals surface area contributed by atoms with Crippen molar-refractivity contribution in [3.05, 3.63) is 58.3 Å². The summed E-state index contributed by atoms with van der Waals surface area (Å²) in [5, 5.41) is 3.43. The Morgan fingerprint density at radius 3 is 2.71 bits per heavy atom. The van der Waals surface area contributed by atoms with E-state index in [1.807, 2.05) is 30.6 Å². The molecular formula is C17H21BrN2O. The second kappa shape index (κ2) is 8.15. The van der Waals surface area contributed by atoms with Gasteiger partial charge in [0, 0.05) is 34.9 Å². The smallest absolute Gasteiger partial charge is 0.125 e. The first-order chi connectivity index (χ1) is 10.2. The van der Waals surface area contributed by atoms with Crippen molar-refractivity contribution in [2.45, 2.75) is 26.3 Å². The van der Waals surface area contributed by atoms with E-state index in [4.69, 9.17) is 4.74 Å². The summed E-state index contributed by atoms with van der Waals surface area (Å²) in [6.07, 6.45) is 4.50. The van der Waals surface area contributed by atoms with E-state index in [2.05, 4.69) is 52.2 Å². The third kappa shape index (κ3) is 4.83. The predicted molar refractivity (Wildman–Crippen MR) is 89.7 cm³/mol. The molecule has 0 aliphatic rings. The molecule has 1 N–H and O–H groups in total. The van der Waals surface area contributed by atoms with Gasteiger partial charge >= 0.3 is 0 Å². The second-order valence-corrected chi connectivity index (χ2v) is 5.83. The van der Waals surface area contributed by atoms with E-state index >= 15 is 0 Å². The molecule has 0 aliphatic heterocycles. The first-order valence-electron chi connectivity index (χ1n) is 7.25. The van der Waals surface area contributed by atoms with Crippen molar-refractivity contribution in [1.29, 1.82) is 0 Å². The highest BCUT2D eigenvalue weighted by Crippen LogP contribution is 2.28. The molecule has 1 unspecified atom stereocenters. The van der Waals surface area contributed by atoms with Crippen LogP contribution in [0.5, 0.6) is 5.75 Å². The summed E-state index contributed by atoms with van der Waals surface area (Å²) < 4.78 is 7.03. The van der Waals surface area contributed by atoms with E-state index < -0.39 is 0 Å². The molecule has 2 rings (SSSR count). The lowest BCUT2D eigenvalue weighted by atomic mass is 10.1. The van der Waals surface area contributed by atoms with Crippen LogP contribution in [0, 0.1) is 0 Å². The maximum absolute atomic E-state index is 6.00. The minimum Gasteiger partial charge on any atom is -0.493 e. The molecule has 21 heavy (non-hydrogen) atoms. The highest BCUT2D eigenvalue weighted by molar-refractivity contribution is 9.10. The number of nitrogens with zero attached hydrogens (tertiary/aromatic N) is 1. The highest BCUT2D eigenvalue weighted by atomic mass is 79.9. The number of hydrogen-bond acceptors (Lipinski definition) is 3. The molecular weight excluding hydrogens is 328 g/mol.